The fraction of sp³-hybridized carbons (Fsp3) is 0.188. The third-order valence-corrected chi connectivity index (χ3v) is 4.07. The van der Waals surface area contributed by atoms with E-state index in [4.69, 9.17) is 4.74 Å². The van der Waals surface area contributed by atoms with Gasteiger partial charge in [0, 0.05) is 11.6 Å². The second-order valence-corrected chi connectivity index (χ2v) is 5.45. The molecule has 1 N–H and O–H groups in total. The number of ether oxygens (including phenoxy) is 1. The number of benzene rings is 1. The van der Waals surface area contributed by atoms with Crippen molar-refractivity contribution >= 4 is 27.9 Å². The molecule has 2 heterocycles. The van der Waals surface area contributed by atoms with Gasteiger partial charge in [-0.25, -0.2) is 4.98 Å². The number of nitrogens with one attached hydrogen (secondary N) is 1. The lowest BCUT2D eigenvalue weighted by atomic mass is 10.1. The van der Waals surface area contributed by atoms with E-state index in [9.17, 15) is 0 Å². The summed E-state index contributed by atoms with van der Waals surface area (Å²) in [6, 6.07) is 10.4. The second-order valence-electron chi connectivity index (χ2n) is 4.67. The SMILES string of the molecule is COc1ccc2c(NC(C)c3ccsc3)nccc2c1. The first-order valence-corrected chi connectivity index (χ1v) is 7.43. The van der Waals surface area contributed by atoms with Crippen molar-refractivity contribution in [2.45, 2.75) is 13.0 Å². The molecule has 1 atom stereocenters. The van der Waals surface area contributed by atoms with E-state index in [0.29, 0.717) is 0 Å². The Hall–Kier alpha value is -2.07. The van der Waals surface area contributed by atoms with Gasteiger partial charge >= 0.3 is 0 Å². The van der Waals surface area contributed by atoms with E-state index in [0.717, 1.165) is 22.3 Å². The van der Waals surface area contributed by atoms with Gasteiger partial charge in [0.15, 0.2) is 0 Å². The van der Waals surface area contributed by atoms with Crippen molar-refractivity contribution in [1.29, 1.82) is 0 Å². The molecule has 0 bridgehead atoms. The first-order valence-electron chi connectivity index (χ1n) is 6.49. The summed E-state index contributed by atoms with van der Waals surface area (Å²) >= 11 is 1.71. The van der Waals surface area contributed by atoms with Crippen LogP contribution in [0.4, 0.5) is 5.82 Å². The zero-order valence-corrected chi connectivity index (χ0v) is 12.3. The number of thiophene rings is 1. The minimum absolute atomic E-state index is 0.237. The fourth-order valence-corrected chi connectivity index (χ4v) is 2.96. The van der Waals surface area contributed by atoms with Crippen LogP contribution in [0.5, 0.6) is 5.75 Å². The molecular weight excluding hydrogens is 268 g/mol. The van der Waals surface area contributed by atoms with Crippen LogP contribution in [0.2, 0.25) is 0 Å². The minimum atomic E-state index is 0.237. The largest absolute Gasteiger partial charge is 0.497 e. The Morgan fingerprint density at radius 2 is 2.15 bits per heavy atom. The topological polar surface area (TPSA) is 34.1 Å². The van der Waals surface area contributed by atoms with Gasteiger partial charge in [0.2, 0.25) is 0 Å². The molecule has 0 aliphatic rings. The molecule has 0 aliphatic carbocycles. The first kappa shape index (κ1) is 12.9. The highest BCUT2D eigenvalue weighted by molar-refractivity contribution is 7.08. The van der Waals surface area contributed by atoms with E-state index in [-0.39, 0.29) is 6.04 Å². The van der Waals surface area contributed by atoms with Gasteiger partial charge in [0.05, 0.1) is 13.2 Å². The van der Waals surface area contributed by atoms with Crippen LogP contribution in [-0.4, -0.2) is 12.1 Å². The summed E-state index contributed by atoms with van der Waals surface area (Å²) < 4.78 is 5.26. The Kier molecular flexibility index (Phi) is 3.56. The lowest BCUT2D eigenvalue weighted by Crippen LogP contribution is -2.07. The maximum Gasteiger partial charge on any atom is 0.134 e. The number of fused-ring (bicyclic) bond motifs is 1. The van der Waals surface area contributed by atoms with Gasteiger partial charge in [-0.1, -0.05) is 0 Å². The normalized spacial score (nSPS) is 12.3. The van der Waals surface area contributed by atoms with Crippen LogP contribution >= 0.6 is 11.3 Å². The van der Waals surface area contributed by atoms with Gasteiger partial charge in [-0.05, 0) is 59.0 Å². The number of rotatable bonds is 4. The molecule has 20 heavy (non-hydrogen) atoms. The predicted octanol–water partition coefficient (Wildman–Crippen LogP) is 4.48. The van der Waals surface area contributed by atoms with E-state index in [1.807, 2.05) is 30.5 Å². The number of hydrogen-bond acceptors (Lipinski definition) is 4. The molecule has 0 saturated carbocycles. The van der Waals surface area contributed by atoms with Crippen molar-refractivity contribution < 1.29 is 4.74 Å². The third kappa shape index (κ3) is 2.47. The molecule has 3 aromatic rings. The van der Waals surface area contributed by atoms with Gasteiger partial charge < -0.3 is 10.1 Å². The van der Waals surface area contributed by atoms with E-state index >= 15 is 0 Å². The quantitative estimate of drug-likeness (QED) is 0.767. The van der Waals surface area contributed by atoms with E-state index in [2.05, 4.69) is 34.1 Å². The predicted molar refractivity (Wildman–Crippen MR) is 84.7 cm³/mol. The summed E-state index contributed by atoms with van der Waals surface area (Å²) in [6.07, 6.45) is 1.82. The van der Waals surface area contributed by atoms with Crippen LogP contribution in [0.3, 0.4) is 0 Å². The highest BCUT2D eigenvalue weighted by atomic mass is 32.1. The summed E-state index contributed by atoms with van der Waals surface area (Å²) in [5.41, 5.74) is 1.28. The Morgan fingerprint density at radius 1 is 1.25 bits per heavy atom. The third-order valence-electron chi connectivity index (χ3n) is 3.37. The molecule has 1 aromatic carbocycles. The van der Waals surface area contributed by atoms with E-state index in [1.165, 1.54) is 5.56 Å². The number of pyridine rings is 1. The van der Waals surface area contributed by atoms with Crippen molar-refractivity contribution in [2.24, 2.45) is 0 Å². The van der Waals surface area contributed by atoms with Crippen molar-refractivity contribution in [3.05, 3.63) is 52.9 Å². The Morgan fingerprint density at radius 3 is 2.90 bits per heavy atom. The minimum Gasteiger partial charge on any atom is -0.497 e. The lowest BCUT2D eigenvalue weighted by molar-refractivity contribution is 0.415. The van der Waals surface area contributed by atoms with Gasteiger partial charge in [0.25, 0.3) is 0 Å². The number of methoxy groups -OCH3 is 1. The van der Waals surface area contributed by atoms with Crippen LogP contribution in [0.1, 0.15) is 18.5 Å². The highest BCUT2D eigenvalue weighted by Crippen LogP contribution is 2.28. The molecule has 2 aromatic heterocycles. The summed E-state index contributed by atoms with van der Waals surface area (Å²) in [4.78, 5) is 4.46. The monoisotopic (exact) mass is 284 g/mol. The molecule has 1 unspecified atom stereocenters. The molecule has 3 rings (SSSR count). The molecule has 0 spiro atoms. The molecule has 0 aliphatic heterocycles. The van der Waals surface area contributed by atoms with Crippen LogP contribution in [0, 0.1) is 0 Å². The molecule has 0 amide bonds. The summed E-state index contributed by atoms with van der Waals surface area (Å²) in [5.74, 6) is 1.77. The molecule has 0 saturated heterocycles. The van der Waals surface area contributed by atoms with E-state index in [1.54, 1.807) is 18.4 Å². The van der Waals surface area contributed by atoms with Crippen molar-refractivity contribution in [1.82, 2.24) is 4.98 Å². The number of aromatic nitrogens is 1. The summed E-state index contributed by atoms with van der Waals surface area (Å²) in [5, 5.41) is 9.96. The van der Waals surface area contributed by atoms with Gasteiger partial charge in [-0.3, -0.25) is 0 Å². The Balaban J connectivity index is 1.95. The van der Waals surface area contributed by atoms with Gasteiger partial charge in [0.1, 0.15) is 11.6 Å². The Bertz CT molecular complexity index is 710. The zero-order chi connectivity index (χ0) is 13.9. The smallest absolute Gasteiger partial charge is 0.134 e. The maximum atomic E-state index is 5.26. The molecule has 0 radical (unpaired) electrons. The molecule has 0 fully saturated rings. The molecule has 3 nitrogen and oxygen atoms in total. The number of anilines is 1. The molecule has 102 valence electrons. The van der Waals surface area contributed by atoms with Crippen molar-refractivity contribution in [3.8, 4) is 5.75 Å². The first-order chi connectivity index (χ1) is 9.78. The van der Waals surface area contributed by atoms with Crippen LogP contribution < -0.4 is 10.1 Å². The van der Waals surface area contributed by atoms with Crippen LogP contribution in [0.25, 0.3) is 10.8 Å². The maximum absolute atomic E-state index is 5.26. The molecule has 4 heteroatoms. The van der Waals surface area contributed by atoms with Crippen LogP contribution in [0.15, 0.2) is 47.3 Å². The molecular formula is C16H16N2OS. The average Bonchev–Trinajstić information content (AvgIpc) is 3.01. The van der Waals surface area contributed by atoms with Gasteiger partial charge in [-0.15, -0.1) is 0 Å². The standard InChI is InChI=1S/C16H16N2OS/c1-11(13-6-8-20-10-13)18-16-15-4-3-14(19-2)9-12(15)5-7-17-16/h3-11H,1-2H3,(H,17,18). The van der Waals surface area contributed by atoms with Gasteiger partial charge in [-0.2, -0.15) is 11.3 Å². The Labute approximate surface area is 122 Å². The summed E-state index contributed by atoms with van der Waals surface area (Å²) in [6.45, 7) is 2.14. The fourth-order valence-electron chi connectivity index (χ4n) is 2.21. The van der Waals surface area contributed by atoms with E-state index < -0.39 is 0 Å². The second kappa shape index (κ2) is 5.51. The average molecular weight is 284 g/mol. The number of hydrogen-bond donors (Lipinski definition) is 1. The highest BCUT2D eigenvalue weighted by Gasteiger charge is 2.09. The van der Waals surface area contributed by atoms with Crippen molar-refractivity contribution in [2.75, 3.05) is 12.4 Å². The summed E-state index contributed by atoms with van der Waals surface area (Å²) in [7, 11) is 1.68. The lowest BCUT2D eigenvalue weighted by Gasteiger charge is -2.15. The van der Waals surface area contributed by atoms with Crippen molar-refractivity contribution in [3.63, 3.8) is 0 Å². The number of nitrogens with zero attached hydrogens (tertiary/aromatic N) is 1. The van der Waals surface area contributed by atoms with Crippen LogP contribution in [-0.2, 0) is 0 Å². The zero-order valence-electron chi connectivity index (χ0n) is 11.5.